The summed E-state index contributed by atoms with van der Waals surface area (Å²) in [5.74, 6) is 1.46. The van der Waals surface area contributed by atoms with E-state index in [1.54, 1.807) is 20.5 Å². The molecule has 1 amide bonds. The van der Waals surface area contributed by atoms with Crippen molar-refractivity contribution in [1.29, 1.82) is 0 Å². The molecule has 3 aromatic rings. The lowest BCUT2D eigenvalue weighted by Crippen LogP contribution is -2.23. The summed E-state index contributed by atoms with van der Waals surface area (Å²) in [4.78, 5) is 19.4. The van der Waals surface area contributed by atoms with Crippen molar-refractivity contribution in [3.63, 3.8) is 0 Å². The predicted octanol–water partition coefficient (Wildman–Crippen LogP) is 2.83. The van der Waals surface area contributed by atoms with Gasteiger partial charge in [-0.15, -0.1) is 0 Å². The maximum Gasteiger partial charge on any atom is 0.220 e. The summed E-state index contributed by atoms with van der Waals surface area (Å²) in [5.41, 5.74) is 3.90. The van der Waals surface area contributed by atoms with E-state index in [4.69, 9.17) is 9.47 Å². The SMILES string of the molecule is COc1ccc(OC)c(CNC(=O)CCc2ccc3nc[nH]c3c2)c1. The summed E-state index contributed by atoms with van der Waals surface area (Å²) in [5, 5.41) is 2.93. The molecule has 6 heteroatoms. The zero-order valence-corrected chi connectivity index (χ0v) is 14.3. The van der Waals surface area contributed by atoms with E-state index in [-0.39, 0.29) is 5.91 Å². The zero-order chi connectivity index (χ0) is 17.6. The number of imidazole rings is 1. The molecule has 1 aromatic heterocycles. The molecule has 0 atom stereocenters. The molecule has 3 rings (SSSR count). The van der Waals surface area contributed by atoms with Gasteiger partial charge in [-0.2, -0.15) is 0 Å². The molecular formula is C19H21N3O3. The fourth-order valence-corrected chi connectivity index (χ4v) is 2.70. The molecule has 0 unspecified atom stereocenters. The fraction of sp³-hybridized carbons (Fsp3) is 0.263. The number of methoxy groups -OCH3 is 2. The van der Waals surface area contributed by atoms with Gasteiger partial charge in [-0.05, 0) is 42.3 Å². The van der Waals surface area contributed by atoms with Gasteiger partial charge in [0.1, 0.15) is 11.5 Å². The van der Waals surface area contributed by atoms with Gasteiger partial charge in [0, 0.05) is 18.5 Å². The van der Waals surface area contributed by atoms with E-state index in [2.05, 4.69) is 15.3 Å². The van der Waals surface area contributed by atoms with Crippen LogP contribution in [-0.2, 0) is 17.8 Å². The number of aromatic amines is 1. The minimum absolute atomic E-state index is 0.00502. The topological polar surface area (TPSA) is 76.2 Å². The highest BCUT2D eigenvalue weighted by Crippen LogP contribution is 2.23. The second-order valence-electron chi connectivity index (χ2n) is 5.71. The van der Waals surface area contributed by atoms with Crippen LogP contribution in [0.2, 0.25) is 0 Å². The first-order valence-electron chi connectivity index (χ1n) is 8.09. The summed E-state index contributed by atoms with van der Waals surface area (Å²) in [6.07, 6.45) is 2.77. The average molecular weight is 339 g/mol. The van der Waals surface area contributed by atoms with Crippen LogP contribution in [0.5, 0.6) is 11.5 Å². The maximum atomic E-state index is 12.2. The molecular weight excluding hydrogens is 318 g/mol. The number of amides is 1. The molecule has 0 saturated heterocycles. The number of rotatable bonds is 7. The van der Waals surface area contributed by atoms with Gasteiger partial charge < -0.3 is 19.8 Å². The Morgan fingerprint density at radius 2 is 2.04 bits per heavy atom. The van der Waals surface area contributed by atoms with Gasteiger partial charge in [-0.25, -0.2) is 4.98 Å². The van der Waals surface area contributed by atoms with E-state index >= 15 is 0 Å². The van der Waals surface area contributed by atoms with Crippen LogP contribution in [0.1, 0.15) is 17.5 Å². The number of aryl methyl sites for hydroxylation is 1. The van der Waals surface area contributed by atoms with Gasteiger partial charge in [0.2, 0.25) is 5.91 Å². The highest BCUT2D eigenvalue weighted by molar-refractivity contribution is 5.77. The van der Waals surface area contributed by atoms with Crippen LogP contribution in [0.25, 0.3) is 11.0 Å². The molecule has 0 aliphatic rings. The molecule has 0 saturated carbocycles. The van der Waals surface area contributed by atoms with Crippen molar-refractivity contribution in [3.8, 4) is 11.5 Å². The van der Waals surface area contributed by atoms with E-state index in [9.17, 15) is 4.79 Å². The Bertz CT molecular complexity index is 873. The van der Waals surface area contributed by atoms with Gasteiger partial charge in [0.05, 0.1) is 31.6 Å². The van der Waals surface area contributed by atoms with E-state index in [1.165, 1.54) is 0 Å². The number of benzene rings is 2. The number of carbonyl (C=O) groups is 1. The molecule has 0 radical (unpaired) electrons. The largest absolute Gasteiger partial charge is 0.497 e. The summed E-state index contributed by atoms with van der Waals surface area (Å²) >= 11 is 0. The second-order valence-corrected chi connectivity index (χ2v) is 5.71. The minimum Gasteiger partial charge on any atom is -0.497 e. The molecule has 0 fully saturated rings. The molecule has 1 heterocycles. The smallest absolute Gasteiger partial charge is 0.220 e. The summed E-state index contributed by atoms with van der Waals surface area (Å²) in [6.45, 7) is 0.402. The van der Waals surface area contributed by atoms with Gasteiger partial charge in [-0.3, -0.25) is 4.79 Å². The Morgan fingerprint density at radius 3 is 2.84 bits per heavy atom. The lowest BCUT2D eigenvalue weighted by molar-refractivity contribution is -0.121. The van der Waals surface area contributed by atoms with Crippen LogP contribution in [-0.4, -0.2) is 30.1 Å². The van der Waals surface area contributed by atoms with Crippen molar-refractivity contribution in [1.82, 2.24) is 15.3 Å². The first-order chi connectivity index (χ1) is 12.2. The van der Waals surface area contributed by atoms with Crippen LogP contribution in [0.15, 0.2) is 42.7 Å². The monoisotopic (exact) mass is 339 g/mol. The molecule has 0 aliphatic heterocycles. The van der Waals surface area contributed by atoms with Gasteiger partial charge >= 0.3 is 0 Å². The number of ether oxygens (including phenoxy) is 2. The van der Waals surface area contributed by atoms with E-state index < -0.39 is 0 Å². The highest BCUT2D eigenvalue weighted by atomic mass is 16.5. The van der Waals surface area contributed by atoms with Gasteiger partial charge in [0.15, 0.2) is 0 Å². The van der Waals surface area contributed by atoms with Crippen LogP contribution < -0.4 is 14.8 Å². The highest BCUT2D eigenvalue weighted by Gasteiger charge is 2.08. The van der Waals surface area contributed by atoms with Crippen LogP contribution in [0.4, 0.5) is 0 Å². The van der Waals surface area contributed by atoms with Crippen molar-refractivity contribution in [2.24, 2.45) is 0 Å². The van der Waals surface area contributed by atoms with Crippen LogP contribution >= 0.6 is 0 Å². The summed E-state index contributed by atoms with van der Waals surface area (Å²) in [7, 11) is 3.22. The molecule has 6 nitrogen and oxygen atoms in total. The van der Waals surface area contributed by atoms with Gasteiger partial charge in [-0.1, -0.05) is 6.07 Å². The van der Waals surface area contributed by atoms with Crippen LogP contribution in [0.3, 0.4) is 0 Å². The van der Waals surface area contributed by atoms with Crippen molar-refractivity contribution in [2.45, 2.75) is 19.4 Å². The Labute approximate surface area is 146 Å². The first kappa shape index (κ1) is 16.8. The minimum atomic E-state index is -0.00502. The zero-order valence-electron chi connectivity index (χ0n) is 14.3. The number of nitrogens with zero attached hydrogens (tertiary/aromatic N) is 1. The van der Waals surface area contributed by atoms with Gasteiger partial charge in [0.25, 0.3) is 0 Å². The Morgan fingerprint density at radius 1 is 1.16 bits per heavy atom. The maximum absolute atomic E-state index is 12.2. The number of aromatic nitrogens is 2. The third kappa shape index (κ3) is 4.09. The second kappa shape index (κ2) is 7.70. The number of hydrogen-bond acceptors (Lipinski definition) is 4. The third-order valence-corrected chi connectivity index (χ3v) is 4.09. The normalized spacial score (nSPS) is 10.6. The lowest BCUT2D eigenvalue weighted by Gasteiger charge is -2.11. The number of hydrogen-bond donors (Lipinski definition) is 2. The van der Waals surface area contributed by atoms with E-state index in [0.717, 1.165) is 33.7 Å². The van der Waals surface area contributed by atoms with Crippen molar-refractivity contribution < 1.29 is 14.3 Å². The quantitative estimate of drug-likeness (QED) is 0.694. The number of carbonyl (C=O) groups excluding carboxylic acids is 1. The molecule has 2 aromatic carbocycles. The Hall–Kier alpha value is -3.02. The Kier molecular flexibility index (Phi) is 5.18. The number of fused-ring (bicyclic) bond motifs is 1. The molecule has 0 bridgehead atoms. The van der Waals surface area contributed by atoms with Crippen molar-refractivity contribution >= 4 is 16.9 Å². The summed E-state index contributed by atoms with van der Waals surface area (Å²) in [6, 6.07) is 11.5. The van der Waals surface area contributed by atoms with Crippen LogP contribution in [0, 0.1) is 0 Å². The predicted molar refractivity (Wildman–Crippen MR) is 95.8 cm³/mol. The van der Waals surface area contributed by atoms with Crippen molar-refractivity contribution in [2.75, 3.05) is 14.2 Å². The number of nitrogens with one attached hydrogen (secondary N) is 2. The van der Waals surface area contributed by atoms with E-state index in [1.807, 2.05) is 36.4 Å². The van der Waals surface area contributed by atoms with E-state index in [0.29, 0.717) is 19.4 Å². The average Bonchev–Trinajstić information content (AvgIpc) is 3.12. The molecule has 0 spiro atoms. The molecule has 25 heavy (non-hydrogen) atoms. The molecule has 2 N–H and O–H groups in total. The first-order valence-corrected chi connectivity index (χ1v) is 8.09. The lowest BCUT2D eigenvalue weighted by atomic mass is 10.1. The molecule has 130 valence electrons. The molecule has 0 aliphatic carbocycles. The fourth-order valence-electron chi connectivity index (χ4n) is 2.70. The Balaban J connectivity index is 1.56. The third-order valence-electron chi connectivity index (χ3n) is 4.09. The summed E-state index contributed by atoms with van der Waals surface area (Å²) < 4.78 is 10.5. The standard InChI is InChI=1S/C19H21N3O3/c1-24-15-5-7-18(25-2)14(10-15)11-20-19(23)8-4-13-3-6-16-17(9-13)22-12-21-16/h3,5-7,9-10,12H,4,8,11H2,1-2H3,(H,20,23)(H,21,22). The van der Waals surface area contributed by atoms with Crippen molar-refractivity contribution in [3.05, 3.63) is 53.9 Å². The number of H-pyrrole nitrogens is 1.